The van der Waals surface area contributed by atoms with E-state index in [1.54, 1.807) is 17.0 Å². The molecule has 1 heterocycles. The fraction of sp³-hybridized carbons (Fsp3) is 0.263. The van der Waals surface area contributed by atoms with E-state index < -0.39 is 16.0 Å². The SMILES string of the molecule is COC(=O)c1ccc(S(=O)(=O)Nc2ccc3c(c2)CN(C(C)=O)CC3)cc1. The number of nitrogens with zero attached hydrogens (tertiary/aromatic N) is 1. The second kappa shape index (κ2) is 7.40. The first-order valence-electron chi connectivity index (χ1n) is 8.38. The maximum Gasteiger partial charge on any atom is 0.337 e. The van der Waals surface area contributed by atoms with Gasteiger partial charge < -0.3 is 9.64 Å². The number of hydrogen-bond donors (Lipinski definition) is 1. The van der Waals surface area contributed by atoms with Crippen molar-refractivity contribution in [2.24, 2.45) is 0 Å². The Hall–Kier alpha value is -2.87. The number of fused-ring (bicyclic) bond motifs is 1. The van der Waals surface area contributed by atoms with Crippen molar-refractivity contribution in [3.05, 3.63) is 59.2 Å². The summed E-state index contributed by atoms with van der Waals surface area (Å²) in [6, 6.07) is 10.9. The lowest BCUT2D eigenvalue weighted by molar-refractivity contribution is -0.129. The minimum Gasteiger partial charge on any atom is -0.465 e. The van der Waals surface area contributed by atoms with E-state index >= 15 is 0 Å². The zero-order valence-electron chi connectivity index (χ0n) is 15.1. The molecule has 0 saturated heterocycles. The van der Waals surface area contributed by atoms with Crippen LogP contribution in [0.15, 0.2) is 47.4 Å². The zero-order valence-corrected chi connectivity index (χ0v) is 15.9. The van der Waals surface area contributed by atoms with Gasteiger partial charge in [-0.25, -0.2) is 13.2 Å². The summed E-state index contributed by atoms with van der Waals surface area (Å²) in [4.78, 5) is 24.8. The number of benzene rings is 2. The first-order chi connectivity index (χ1) is 12.8. The van der Waals surface area contributed by atoms with Gasteiger partial charge in [-0.15, -0.1) is 0 Å². The summed E-state index contributed by atoms with van der Waals surface area (Å²) in [7, 11) is -2.54. The number of hydrogen-bond acceptors (Lipinski definition) is 5. The Labute approximate surface area is 158 Å². The third-order valence-electron chi connectivity index (χ3n) is 4.50. The Balaban J connectivity index is 1.81. The van der Waals surface area contributed by atoms with Gasteiger partial charge in [0.25, 0.3) is 10.0 Å². The van der Waals surface area contributed by atoms with E-state index in [2.05, 4.69) is 9.46 Å². The first-order valence-corrected chi connectivity index (χ1v) is 9.87. The molecule has 0 radical (unpaired) electrons. The van der Waals surface area contributed by atoms with Crippen LogP contribution in [0.1, 0.15) is 28.4 Å². The van der Waals surface area contributed by atoms with E-state index in [-0.39, 0.29) is 16.4 Å². The van der Waals surface area contributed by atoms with E-state index in [0.29, 0.717) is 18.8 Å². The Morgan fingerprint density at radius 2 is 1.78 bits per heavy atom. The Kier molecular flexibility index (Phi) is 5.18. The van der Waals surface area contributed by atoms with E-state index in [0.717, 1.165) is 17.5 Å². The molecule has 1 amide bonds. The van der Waals surface area contributed by atoms with Crippen LogP contribution in [0, 0.1) is 0 Å². The first kappa shape index (κ1) is 18.9. The monoisotopic (exact) mass is 388 g/mol. The fourth-order valence-electron chi connectivity index (χ4n) is 2.99. The molecular weight excluding hydrogens is 368 g/mol. The van der Waals surface area contributed by atoms with Crippen molar-refractivity contribution in [3.8, 4) is 0 Å². The molecule has 0 aliphatic carbocycles. The number of rotatable bonds is 4. The molecule has 0 spiro atoms. The van der Waals surface area contributed by atoms with Crippen molar-refractivity contribution in [1.29, 1.82) is 0 Å². The van der Waals surface area contributed by atoms with E-state index in [1.807, 2.05) is 6.07 Å². The number of carbonyl (C=O) groups excluding carboxylic acids is 2. The number of esters is 1. The van der Waals surface area contributed by atoms with Gasteiger partial charge >= 0.3 is 5.97 Å². The standard InChI is InChI=1S/C19H20N2O5S/c1-13(22)21-10-9-14-3-6-17(11-16(14)12-21)20-27(24,25)18-7-4-15(5-8-18)19(23)26-2/h3-8,11,20H,9-10,12H2,1-2H3. The summed E-state index contributed by atoms with van der Waals surface area (Å²) in [6.07, 6.45) is 0.747. The summed E-state index contributed by atoms with van der Waals surface area (Å²) >= 11 is 0. The molecule has 27 heavy (non-hydrogen) atoms. The summed E-state index contributed by atoms with van der Waals surface area (Å²) in [6.45, 7) is 2.66. The van der Waals surface area contributed by atoms with Crippen molar-refractivity contribution in [2.75, 3.05) is 18.4 Å². The highest BCUT2D eigenvalue weighted by atomic mass is 32.2. The number of amides is 1. The highest BCUT2D eigenvalue weighted by Gasteiger charge is 2.20. The molecule has 0 aromatic heterocycles. The van der Waals surface area contributed by atoms with E-state index in [4.69, 9.17) is 0 Å². The predicted molar refractivity (Wildman–Crippen MR) is 99.8 cm³/mol. The molecule has 3 rings (SSSR count). The number of methoxy groups -OCH3 is 1. The number of sulfonamides is 1. The van der Waals surface area contributed by atoms with Crippen LogP contribution in [0.2, 0.25) is 0 Å². The quantitative estimate of drug-likeness (QED) is 0.811. The fourth-order valence-corrected chi connectivity index (χ4v) is 4.04. The topological polar surface area (TPSA) is 92.8 Å². The van der Waals surface area contributed by atoms with Crippen molar-refractivity contribution in [2.45, 2.75) is 24.8 Å². The number of carbonyl (C=O) groups is 2. The Morgan fingerprint density at radius 3 is 2.41 bits per heavy atom. The molecule has 1 aliphatic heterocycles. The van der Waals surface area contributed by atoms with Crippen LogP contribution >= 0.6 is 0 Å². The van der Waals surface area contributed by atoms with Crippen LogP contribution in [0.4, 0.5) is 5.69 Å². The smallest absolute Gasteiger partial charge is 0.337 e. The van der Waals surface area contributed by atoms with Crippen molar-refractivity contribution < 1.29 is 22.7 Å². The average molecular weight is 388 g/mol. The maximum atomic E-state index is 12.6. The summed E-state index contributed by atoms with van der Waals surface area (Å²) < 4.78 is 32.3. The molecule has 0 saturated carbocycles. The lowest BCUT2D eigenvalue weighted by Crippen LogP contribution is -2.34. The molecule has 7 nitrogen and oxygen atoms in total. The minimum atomic E-state index is -3.80. The molecule has 142 valence electrons. The molecule has 0 atom stereocenters. The highest BCUT2D eigenvalue weighted by molar-refractivity contribution is 7.92. The van der Waals surface area contributed by atoms with Gasteiger partial charge in [0, 0.05) is 25.7 Å². The second-order valence-corrected chi connectivity index (χ2v) is 7.98. The van der Waals surface area contributed by atoms with E-state index in [9.17, 15) is 18.0 Å². The molecule has 0 bridgehead atoms. The van der Waals surface area contributed by atoms with Crippen molar-refractivity contribution in [1.82, 2.24) is 4.90 Å². The van der Waals surface area contributed by atoms with E-state index in [1.165, 1.54) is 38.3 Å². The lowest BCUT2D eigenvalue weighted by atomic mass is 9.99. The van der Waals surface area contributed by atoms with Crippen molar-refractivity contribution >= 4 is 27.6 Å². The van der Waals surface area contributed by atoms with Gasteiger partial charge in [0.1, 0.15) is 0 Å². The van der Waals surface area contributed by atoms with Crippen LogP contribution in [0.25, 0.3) is 0 Å². The largest absolute Gasteiger partial charge is 0.465 e. The average Bonchev–Trinajstić information content (AvgIpc) is 2.66. The molecule has 0 unspecified atom stereocenters. The van der Waals surface area contributed by atoms with Crippen molar-refractivity contribution in [3.63, 3.8) is 0 Å². The van der Waals surface area contributed by atoms with Gasteiger partial charge in [-0.2, -0.15) is 0 Å². The molecule has 8 heteroatoms. The molecule has 1 N–H and O–H groups in total. The molecule has 1 aliphatic rings. The maximum absolute atomic E-state index is 12.6. The number of nitrogens with one attached hydrogen (secondary N) is 1. The summed E-state index contributed by atoms with van der Waals surface area (Å²) in [5, 5.41) is 0. The normalized spacial score (nSPS) is 13.6. The zero-order chi connectivity index (χ0) is 19.6. The lowest BCUT2D eigenvalue weighted by Gasteiger charge is -2.28. The summed E-state index contributed by atoms with van der Waals surface area (Å²) in [5.41, 5.74) is 2.74. The van der Waals surface area contributed by atoms with Crippen LogP contribution in [-0.4, -0.2) is 38.8 Å². The van der Waals surface area contributed by atoms with Gasteiger partial charge in [-0.05, 0) is 53.9 Å². The molecule has 0 fully saturated rings. The van der Waals surface area contributed by atoms with Crippen LogP contribution in [-0.2, 0) is 32.5 Å². The third-order valence-corrected chi connectivity index (χ3v) is 5.90. The highest BCUT2D eigenvalue weighted by Crippen LogP contribution is 2.24. The number of anilines is 1. The summed E-state index contributed by atoms with van der Waals surface area (Å²) in [5.74, 6) is -0.533. The van der Waals surface area contributed by atoms with Gasteiger partial charge in [-0.1, -0.05) is 6.07 Å². The van der Waals surface area contributed by atoms with Gasteiger partial charge in [0.2, 0.25) is 5.91 Å². The van der Waals surface area contributed by atoms with Gasteiger partial charge in [0.15, 0.2) is 0 Å². The van der Waals surface area contributed by atoms with Gasteiger partial charge in [0.05, 0.1) is 17.6 Å². The Morgan fingerprint density at radius 1 is 1.07 bits per heavy atom. The predicted octanol–water partition coefficient (Wildman–Crippen LogP) is 2.18. The molecule has 2 aromatic rings. The van der Waals surface area contributed by atoms with Gasteiger partial charge in [-0.3, -0.25) is 9.52 Å². The van der Waals surface area contributed by atoms with Crippen LogP contribution in [0.5, 0.6) is 0 Å². The minimum absolute atomic E-state index is 0.00247. The number of ether oxygens (including phenoxy) is 1. The molecular formula is C19H20N2O5S. The van der Waals surface area contributed by atoms with Crippen LogP contribution < -0.4 is 4.72 Å². The van der Waals surface area contributed by atoms with Crippen LogP contribution in [0.3, 0.4) is 0 Å². The third kappa shape index (κ3) is 4.11. The Bertz CT molecular complexity index is 984. The molecule has 2 aromatic carbocycles. The second-order valence-electron chi connectivity index (χ2n) is 6.30.